The van der Waals surface area contributed by atoms with Gasteiger partial charge in [-0.05, 0) is 99.3 Å². The standard InChI is InChI=1S/C35H44N4O5/c1-35(19-27-20-37-30-10-6-5-9-29(27)30,39-34(43)44-32-25-14-23-13-24(16-25)17-26(32)15-23)33(42)38-28(11-12-36-21-31(40)41)18-22-7-3-2-4-8-22/h2-10,20,23-26,28,32,36-37H,11-19,21H2,1H3,(H,38,42)(H,39,43)(H,40,41). The van der Waals surface area contributed by atoms with Gasteiger partial charge in [0.05, 0.1) is 6.54 Å². The maximum Gasteiger partial charge on any atom is 0.408 e. The van der Waals surface area contributed by atoms with Crippen molar-refractivity contribution in [2.45, 2.75) is 76.0 Å². The summed E-state index contributed by atoms with van der Waals surface area (Å²) in [5.74, 6) is 1.14. The Balaban J connectivity index is 1.20. The Morgan fingerprint density at radius 2 is 1.66 bits per heavy atom. The van der Waals surface area contributed by atoms with Gasteiger partial charge in [-0.3, -0.25) is 9.59 Å². The Kier molecular flexibility index (Phi) is 8.93. The zero-order valence-corrected chi connectivity index (χ0v) is 25.4. The Labute approximate surface area is 258 Å². The van der Waals surface area contributed by atoms with Gasteiger partial charge in [0.25, 0.3) is 0 Å². The van der Waals surface area contributed by atoms with Crippen molar-refractivity contribution >= 4 is 28.9 Å². The Bertz CT molecular complexity index is 1440. The van der Waals surface area contributed by atoms with Crippen LogP contribution in [0.3, 0.4) is 0 Å². The lowest BCUT2D eigenvalue weighted by Crippen LogP contribution is -2.61. The highest BCUT2D eigenvalue weighted by molar-refractivity contribution is 5.91. The van der Waals surface area contributed by atoms with Crippen molar-refractivity contribution in [2.75, 3.05) is 13.1 Å². The number of para-hydroxylation sites is 1. The van der Waals surface area contributed by atoms with Gasteiger partial charge >= 0.3 is 12.1 Å². The van der Waals surface area contributed by atoms with Crippen LogP contribution in [0, 0.1) is 23.7 Å². The number of rotatable bonds is 13. The summed E-state index contributed by atoms with van der Waals surface area (Å²) in [5, 5.41) is 19.2. The van der Waals surface area contributed by atoms with Gasteiger partial charge in [-0.15, -0.1) is 0 Å². The van der Waals surface area contributed by atoms with Gasteiger partial charge < -0.3 is 30.8 Å². The van der Waals surface area contributed by atoms with Gasteiger partial charge in [-0.2, -0.15) is 0 Å². The minimum absolute atomic E-state index is 0.0886. The molecule has 44 heavy (non-hydrogen) atoms. The van der Waals surface area contributed by atoms with Crippen molar-refractivity contribution in [1.29, 1.82) is 0 Å². The van der Waals surface area contributed by atoms with Gasteiger partial charge in [-0.1, -0.05) is 48.5 Å². The number of H-pyrrole nitrogens is 1. The van der Waals surface area contributed by atoms with E-state index in [4.69, 9.17) is 9.84 Å². The fourth-order valence-corrected chi connectivity index (χ4v) is 8.23. The van der Waals surface area contributed by atoms with E-state index in [9.17, 15) is 14.4 Å². The molecule has 4 aliphatic rings. The molecule has 0 saturated heterocycles. The summed E-state index contributed by atoms with van der Waals surface area (Å²) < 4.78 is 6.18. The molecule has 0 spiro atoms. The van der Waals surface area contributed by atoms with E-state index < -0.39 is 17.6 Å². The summed E-state index contributed by atoms with van der Waals surface area (Å²) in [7, 11) is 0. The monoisotopic (exact) mass is 600 g/mol. The quantitative estimate of drug-likeness (QED) is 0.179. The molecule has 1 aromatic heterocycles. The van der Waals surface area contributed by atoms with Gasteiger partial charge in [-0.25, -0.2) is 4.79 Å². The first-order valence-electron chi connectivity index (χ1n) is 16.1. The van der Waals surface area contributed by atoms with Crippen molar-refractivity contribution in [3.8, 4) is 0 Å². The maximum absolute atomic E-state index is 14.2. The predicted molar refractivity (Wildman–Crippen MR) is 168 cm³/mol. The van der Waals surface area contributed by atoms with Crippen LogP contribution in [0.4, 0.5) is 4.79 Å². The molecule has 3 aromatic rings. The molecule has 0 aliphatic heterocycles. The van der Waals surface area contributed by atoms with Crippen molar-refractivity contribution in [3.63, 3.8) is 0 Å². The number of nitrogens with one attached hydrogen (secondary N) is 4. The molecule has 7 rings (SSSR count). The normalized spacial score (nSPS) is 25.7. The molecule has 5 N–H and O–H groups in total. The molecular formula is C35H44N4O5. The lowest BCUT2D eigenvalue weighted by atomic mass is 9.55. The van der Waals surface area contributed by atoms with Crippen LogP contribution >= 0.6 is 0 Å². The summed E-state index contributed by atoms with van der Waals surface area (Å²) >= 11 is 0. The number of ether oxygens (including phenoxy) is 1. The summed E-state index contributed by atoms with van der Waals surface area (Å²) in [6.07, 6.45) is 8.50. The van der Waals surface area contributed by atoms with E-state index in [1.165, 1.54) is 6.42 Å². The first kappa shape index (κ1) is 30.2. The van der Waals surface area contributed by atoms with Crippen LogP contribution in [-0.2, 0) is 27.2 Å². The highest BCUT2D eigenvalue weighted by Gasteiger charge is 2.50. The molecule has 0 radical (unpaired) electrons. The van der Waals surface area contributed by atoms with Crippen molar-refractivity contribution in [3.05, 3.63) is 71.9 Å². The van der Waals surface area contributed by atoms with Crippen LogP contribution in [0.2, 0.25) is 0 Å². The van der Waals surface area contributed by atoms with Gasteiger partial charge in [0.15, 0.2) is 0 Å². The zero-order chi connectivity index (χ0) is 30.7. The van der Waals surface area contributed by atoms with Gasteiger partial charge in [0, 0.05) is 29.6 Å². The summed E-state index contributed by atoms with van der Waals surface area (Å²) in [6, 6.07) is 17.5. The minimum atomic E-state index is -1.29. The molecule has 1 heterocycles. The van der Waals surface area contributed by atoms with E-state index in [1.54, 1.807) is 6.92 Å². The van der Waals surface area contributed by atoms with Crippen LogP contribution < -0.4 is 16.0 Å². The van der Waals surface area contributed by atoms with Crippen LogP contribution in [0.15, 0.2) is 60.8 Å². The van der Waals surface area contributed by atoms with E-state index >= 15 is 0 Å². The van der Waals surface area contributed by atoms with E-state index in [0.717, 1.165) is 59.5 Å². The number of benzene rings is 2. The topological polar surface area (TPSA) is 133 Å². The van der Waals surface area contributed by atoms with Crippen LogP contribution in [0.1, 0.15) is 56.6 Å². The van der Waals surface area contributed by atoms with Crippen molar-refractivity contribution in [2.24, 2.45) is 23.7 Å². The number of alkyl carbamates (subject to hydrolysis) is 1. The molecule has 4 fully saturated rings. The molecule has 2 unspecified atom stereocenters. The van der Waals surface area contributed by atoms with E-state index in [0.29, 0.717) is 31.2 Å². The Morgan fingerprint density at radius 3 is 2.36 bits per heavy atom. The maximum atomic E-state index is 14.2. The molecule has 2 amide bonds. The largest absolute Gasteiger partial charge is 0.480 e. The zero-order valence-electron chi connectivity index (χ0n) is 25.4. The number of aliphatic carboxylic acids is 1. The molecule has 9 nitrogen and oxygen atoms in total. The molecule has 4 saturated carbocycles. The molecule has 9 heteroatoms. The third kappa shape index (κ3) is 6.93. The lowest BCUT2D eigenvalue weighted by Gasteiger charge is -2.53. The number of amides is 2. The summed E-state index contributed by atoms with van der Waals surface area (Å²) in [6.45, 7) is 2.04. The number of hydrogen-bond donors (Lipinski definition) is 5. The number of aromatic nitrogens is 1. The average molecular weight is 601 g/mol. The summed E-state index contributed by atoms with van der Waals surface area (Å²) in [4.78, 5) is 42.2. The summed E-state index contributed by atoms with van der Waals surface area (Å²) in [5.41, 5.74) is 1.66. The molecule has 2 atom stereocenters. The second kappa shape index (κ2) is 13.0. The third-order valence-electron chi connectivity index (χ3n) is 10.1. The van der Waals surface area contributed by atoms with Crippen LogP contribution in [0.25, 0.3) is 10.9 Å². The van der Waals surface area contributed by atoms with Gasteiger partial charge in [0.1, 0.15) is 11.6 Å². The van der Waals surface area contributed by atoms with Crippen molar-refractivity contribution in [1.82, 2.24) is 20.9 Å². The fraction of sp³-hybridized carbons (Fsp3) is 0.514. The predicted octanol–water partition coefficient (Wildman–Crippen LogP) is 4.81. The first-order valence-corrected chi connectivity index (χ1v) is 16.1. The van der Waals surface area contributed by atoms with E-state index in [-0.39, 0.29) is 31.0 Å². The number of fused-ring (bicyclic) bond motifs is 1. The second-order valence-electron chi connectivity index (χ2n) is 13.5. The number of carbonyl (C=O) groups excluding carboxylic acids is 2. The van der Waals surface area contributed by atoms with Crippen LogP contribution in [-0.4, -0.2) is 58.8 Å². The molecule has 4 bridgehead atoms. The Hall–Kier alpha value is -3.85. The lowest BCUT2D eigenvalue weighted by molar-refractivity contribution is -0.136. The molecular weight excluding hydrogens is 556 g/mol. The third-order valence-corrected chi connectivity index (χ3v) is 10.1. The molecule has 4 aliphatic carbocycles. The average Bonchev–Trinajstić information content (AvgIpc) is 3.39. The number of carboxylic acid groups (broad SMARTS) is 1. The number of aromatic amines is 1. The highest BCUT2D eigenvalue weighted by Crippen LogP contribution is 2.54. The highest BCUT2D eigenvalue weighted by atomic mass is 16.6. The van der Waals surface area contributed by atoms with E-state index in [1.807, 2.05) is 60.8 Å². The number of carbonyl (C=O) groups is 3. The fourth-order valence-electron chi connectivity index (χ4n) is 8.23. The molecule has 2 aromatic carbocycles. The van der Waals surface area contributed by atoms with Gasteiger partial charge in [0.2, 0.25) is 5.91 Å². The number of hydrogen-bond acceptors (Lipinski definition) is 5. The smallest absolute Gasteiger partial charge is 0.408 e. The second-order valence-corrected chi connectivity index (χ2v) is 13.5. The van der Waals surface area contributed by atoms with Crippen molar-refractivity contribution < 1.29 is 24.2 Å². The van der Waals surface area contributed by atoms with E-state index in [2.05, 4.69) is 20.9 Å². The first-order chi connectivity index (χ1) is 21.3. The Morgan fingerprint density at radius 1 is 0.977 bits per heavy atom. The minimum Gasteiger partial charge on any atom is -0.480 e. The number of carboxylic acids is 1. The SMILES string of the molecule is CC(Cc1c[nH]c2ccccc12)(NC(=O)OC1C2CC3CC(C2)CC1C3)C(=O)NC(CCNCC(=O)O)Cc1ccccc1. The molecule has 234 valence electrons. The van der Waals surface area contributed by atoms with Crippen LogP contribution in [0.5, 0.6) is 0 Å².